The number of hydrogen-bond donors (Lipinski definition) is 1. The van der Waals surface area contributed by atoms with Gasteiger partial charge >= 0.3 is 0 Å². The maximum atomic E-state index is 3.08. The summed E-state index contributed by atoms with van der Waals surface area (Å²) in [6.07, 6.45) is 9.31. The van der Waals surface area contributed by atoms with Gasteiger partial charge < -0.3 is 5.32 Å². The molecule has 0 unspecified atom stereocenters. The van der Waals surface area contributed by atoms with E-state index in [0.717, 1.165) is 0 Å². The van der Waals surface area contributed by atoms with Crippen molar-refractivity contribution in [2.75, 3.05) is 0 Å². The molecule has 0 saturated carbocycles. The van der Waals surface area contributed by atoms with Crippen molar-refractivity contribution in [1.82, 2.24) is 5.32 Å². The van der Waals surface area contributed by atoms with E-state index in [1.807, 2.05) is 6.20 Å². The van der Waals surface area contributed by atoms with E-state index in [0.29, 0.717) is 0 Å². The molecule has 8 heavy (non-hydrogen) atoms. The molecule has 1 heteroatoms. The lowest BCUT2D eigenvalue weighted by Crippen LogP contribution is -2.01. The molecule has 1 rings (SSSR count). The van der Waals surface area contributed by atoms with Gasteiger partial charge in [-0.15, -0.1) is 0 Å². The molecular formula is C7H12N. The van der Waals surface area contributed by atoms with Gasteiger partial charge in [0.15, 0.2) is 0 Å². The Morgan fingerprint density at radius 2 is 2.00 bits per heavy atom. The maximum absolute atomic E-state index is 3.08. The monoisotopic (exact) mass is 110 g/mol. The van der Waals surface area contributed by atoms with Gasteiger partial charge in [0.2, 0.25) is 0 Å². The molecule has 0 atom stereocenters. The van der Waals surface area contributed by atoms with Crippen LogP contribution in [-0.2, 0) is 0 Å². The lowest BCUT2D eigenvalue weighted by Gasteiger charge is -2.02. The standard InChI is InChI=1S/C7H12N/c1-2-4-6-8-7-5-3-1/h4,6-8H,1-3,5H2/b6-4-. The Morgan fingerprint density at radius 1 is 1.12 bits per heavy atom. The molecule has 1 aliphatic rings. The Morgan fingerprint density at radius 3 is 3.00 bits per heavy atom. The average Bonchev–Trinajstić information content (AvgIpc) is 1.62. The first-order chi connectivity index (χ1) is 4.00. The molecule has 45 valence electrons. The van der Waals surface area contributed by atoms with Crippen LogP contribution < -0.4 is 5.32 Å². The maximum Gasteiger partial charge on any atom is 0.0456 e. The second kappa shape index (κ2) is 3.53. The van der Waals surface area contributed by atoms with Crippen LogP contribution in [0.4, 0.5) is 0 Å². The van der Waals surface area contributed by atoms with Crippen LogP contribution in [0.25, 0.3) is 0 Å². The quantitative estimate of drug-likeness (QED) is 0.501. The van der Waals surface area contributed by atoms with Crippen LogP contribution in [-0.4, -0.2) is 0 Å². The summed E-state index contributed by atoms with van der Waals surface area (Å²) in [5, 5.41) is 3.08. The molecule has 0 aliphatic carbocycles. The van der Waals surface area contributed by atoms with Gasteiger partial charge in [-0.25, -0.2) is 0 Å². The first-order valence-corrected chi connectivity index (χ1v) is 3.23. The summed E-state index contributed by atoms with van der Waals surface area (Å²) in [4.78, 5) is 0. The summed E-state index contributed by atoms with van der Waals surface area (Å²) in [5.41, 5.74) is 0. The van der Waals surface area contributed by atoms with Crippen LogP contribution in [0.3, 0.4) is 0 Å². The summed E-state index contributed by atoms with van der Waals surface area (Å²) in [5.74, 6) is 0. The fourth-order valence-electron chi connectivity index (χ4n) is 0.811. The van der Waals surface area contributed by atoms with Crippen LogP contribution in [0.15, 0.2) is 12.3 Å². The molecule has 0 spiro atoms. The first kappa shape index (κ1) is 5.67. The van der Waals surface area contributed by atoms with E-state index in [2.05, 4.69) is 17.9 Å². The Balaban J connectivity index is 2.17. The zero-order valence-corrected chi connectivity index (χ0v) is 5.06. The van der Waals surface area contributed by atoms with Crippen molar-refractivity contribution in [2.24, 2.45) is 0 Å². The molecule has 0 fully saturated rings. The van der Waals surface area contributed by atoms with Crippen molar-refractivity contribution < 1.29 is 0 Å². The van der Waals surface area contributed by atoms with Crippen LogP contribution in [0, 0.1) is 6.54 Å². The van der Waals surface area contributed by atoms with Crippen LogP contribution in [0.5, 0.6) is 0 Å². The predicted molar refractivity (Wildman–Crippen MR) is 35.0 cm³/mol. The summed E-state index contributed by atoms with van der Waals surface area (Å²) < 4.78 is 0. The second-order valence-corrected chi connectivity index (χ2v) is 2.06. The summed E-state index contributed by atoms with van der Waals surface area (Å²) >= 11 is 0. The second-order valence-electron chi connectivity index (χ2n) is 2.06. The minimum Gasteiger partial charge on any atom is -0.386 e. The minimum atomic E-state index is 1.21. The molecule has 0 aromatic heterocycles. The Labute approximate surface area is 50.8 Å². The third-order valence-electron chi connectivity index (χ3n) is 1.30. The molecule has 1 radical (unpaired) electrons. The Hall–Kier alpha value is -0.460. The zero-order chi connectivity index (χ0) is 5.66. The van der Waals surface area contributed by atoms with Gasteiger partial charge in [-0.05, 0) is 25.5 Å². The van der Waals surface area contributed by atoms with Crippen molar-refractivity contribution in [3.63, 3.8) is 0 Å². The van der Waals surface area contributed by atoms with Crippen LogP contribution in [0.2, 0.25) is 0 Å². The van der Waals surface area contributed by atoms with E-state index in [1.54, 1.807) is 0 Å². The minimum absolute atomic E-state index is 1.21. The van der Waals surface area contributed by atoms with Crippen molar-refractivity contribution in [1.29, 1.82) is 0 Å². The normalized spacial score (nSPS) is 25.0. The third kappa shape index (κ3) is 2.01. The molecule has 0 aromatic rings. The fourth-order valence-corrected chi connectivity index (χ4v) is 0.811. The highest BCUT2D eigenvalue weighted by molar-refractivity contribution is 4.84. The number of rotatable bonds is 0. The highest BCUT2D eigenvalue weighted by Crippen LogP contribution is 2.03. The molecule has 0 bridgehead atoms. The van der Waals surface area contributed by atoms with Crippen molar-refractivity contribution in [3.05, 3.63) is 18.8 Å². The lowest BCUT2D eigenvalue weighted by molar-refractivity contribution is 0.697. The van der Waals surface area contributed by atoms with Gasteiger partial charge in [-0.1, -0.05) is 12.5 Å². The predicted octanol–water partition coefficient (Wildman–Crippen LogP) is 1.83. The topological polar surface area (TPSA) is 12.0 Å². The number of nitrogens with one attached hydrogen (secondary N) is 1. The number of hydrogen-bond acceptors (Lipinski definition) is 1. The van der Waals surface area contributed by atoms with Crippen LogP contribution in [0.1, 0.15) is 25.7 Å². The van der Waals surface area contributed by atoms with Gasteiger partial charge in [-0.2, -0.15) is 0 Å². The average molecular weight is 110 g/mol. The van der Waals surface area contributed by atoms with E-state index in [4.69, 9.17) is 0 Å². The highest BCUT2D eigenvalue weighted by Gasteiger charge is 1.89. The third-order valence-corrected chi connectivity index (χ3v) is 1.30. The Bertz CT molecular complexity index is 66.5. The molecular weight excluding hydrogens is 98.1 g/mol. The SMILES string of the molecule is [CH]1CCCC/C=C\N1. The van der Waals surface area contributed by atoms with Crippen molar-refractivity contribution in [2.45, 2.75) is 25.7 Å². The van der Waals surface area contributed by atoms with Gasteiger partial charge in [-0.3, -0.25) is 0 Å². The molecule has 1 aliphatic heterocycles. The highest BCUT2D eigenvalue weighted by atomic mass is 14.8. The van der Waals surface area contributed by atoms with E-state index in [-0.39, 0.29) is 0 Å². The van der Waals surface area contributed by atoms with Gasteiger partial charge in [0, 0.05) is 6.54 Å². The van der Waals surface area contributed by atoms with Crippen LogP contribution >= 0.6 is 0 Å². The van der Waals surface area contributed by atoms with Gasteiger partial charge in [0.1, 0.15) is 0 Å². The molecule has 0 saturated heterocycles. The molecule has 1 N–H and O–H groups in total. The van der Waals surface area contributed by atoms with Gasteiger partial charge in [0.25, 0.3) is 0 Å². The molecule has 0 aromatic carbocycles. The Kier molecular flexibility index (Phi) is 2.50. The van der Waals surface area contributed by atoms with E-state index < -0.39 is 0 Å². The van der Waals surface area contributed by atoms with E-state index in [9.17, 15) is 0 Å². The molecule has 0 amide bonds. The number of allylic oxidation sites excluding steroid dienone is 1. The van der Waals surface area contributed by atoms with Crippen molar-refractivity contribution >= 4 is 0 Å². The zero-order valence-electron chi connectivity index (χ0n) is 5.06. The molecule has 1 heterocycles. The summed E-state index contributed by atoms with van der Waals surface area (Å²) in [6, 6.07) is 0. The summed E-state index contributed by atoms with van der Waals surface area (Å²) in [7, 11) is 0. The van der Waals surface area contributed by atoms with Gasteiger partial charge in [0.05, 0.1) is 0 Å². The van der Waals surface area contributed by atoms with Crippen molar-refractivity contribution in [3.8, 4) is 0 Å². The first-order valence-electron chi connectivity index (χ1n) is 3.23. The van der Waals surface area contributed by atoms with E-state index in [1.165, 1.54) is 25.7 Å². The lowest BCUT2D eigenvalue weighted by atomic mass is 10.2. The fraction of sp³-hybridized carbons (Fsp3) is 0.571. The molecule has 1 nitrogen and oxygen atoms in total. The smallest absolute Gasteiger partial charge is 0.0456 e. The van der Waals surface area contributed by atoms with E-state index >= 15 is 0 Å². The largest absolute Gasteiger partial charge is 0.386 e. The summed E-state index contributed by atoms with van der Waals surface area (Å²) in [6.45, 7) is 2.11.